The molecular weight excluding hydrogens is 290 g/mol. The lowest BCUT2D eigenvalue weighted by molar-refractivity contribution is 0.0941. The number of hydrogen-bond donors (Lipinski definition) is 2. The molecule has 0 bridgehead atoms. The van der Waals surface area contributed by atoms with Crippen molar-refractivity contribution < 1.29 is 13.2 Å². The van der Waals surface area contributed by atoms with E-state index in [-0.39, 0.29) is 23.5 Å². The van der Waals surface area contributed by atoms with Gasteiger partial charge in [-0.25, -0.2) is 13.4 Å². The van der Waals surface area contributed by atoms with Gasteiger partial charge in [0, 0.05) is 18.3 Å². The number of rotatable bonds is 5. The molecule has 0 saturated carbocycles. The average molecular weight is 311 g/mol. The fourth-order valence-corrected chi connectivity index (χ4v) is 3.82. The van der Waals surface area contributed by atoms with Gasteiger partial charge in [0.05, 0.1) is 17.1 Å². The zero-order valence-electron chi connectivity index (χ0n) is 12.3. The summed E-state index contributed by atoms with van der Waals surface area (Å²) >= 11 is 0. The molecule has 1 amide bonds. The van der Waals surface area contributed by atoms with E-state index in [4.69, 9.17) is 0 Å². The van der Waals surface area contributed by atoms with Crippen molar-refractivity contribution in [2.45, 2.75) is 38.8 Å². The maximum Gasteiger partial charge on any atom is 0.253 e. The first-order chi connectivity index (χ1) is 9.89. The minimum atomic E-state index is -2.99. The smallest absolute Gasteiger partial charge is 0.253 e. The highest BCUT2D eigenvalue weighted by Gasteiger charge is 2.29. The summed E-state index contributed by atoms with van der Waals surface area (Å²) in [5.41, 5.74) is 0.439. The summed E-state index contributed by atoms with van der Waals surface area (Å²) in [4.78, 5) is 16.2. The van der Waals surface area contributed by atoms with Crippen molar-refractivity contribution in [1.82, 2.24) is 10.3 Å². The fourth-order valence-electron chi connectivity index (χ4n) is 2.15. The predicted octanol–water partition coefficient (Wildman–Crippen LogP) is 1.21. The van der Waals surface area contributed by atoms with Gasteiger partial charge in [-0.2, -0.15) is 0 Å². The Hall–Kier alpha value is -1.63. The normalized spacial score (nSPS) is 21.7. The lowest BCUT2D eigenvalue weighted by atomic mass is 10.2. The number of pyridine rings is 1. The Morgan fingerprint density at radius 1 is 1.48 bits per heavy atom. The highest BCUT2D eigenvalue weighted by molar-refractivity contribution is 7.91. The third kappa shape index (κ3) is 4.42. The van der Waals surface area contributed by atoms with Crippen molar-refractivity contribution in [2.24, 2.45) is 0 Å². The van der Waals surface area contributed by atoms with Crippen LogP contribution in [0.1, 0.15) is 37.0 Å². The average Bonchev–Trinajstić information content (AvgIpc) is 2.78. The van der Waals surface area contributed by atoms with E-state index in [9.17, 15) is 13.2 Å². The quantitative estimate of drug-likeness (QED) is 0.853. The van der Waals surface area contributed by atoms with Crippen LogP contribution in [0.5, 0.6) is 0 Å². The second-order valence-corrected chi connectivity index (χ2v) is 7.69. The summed E-state index contributed by atoms with van der Waals surface area (Å²) in [6.45, 7) is 4.14. The molecule has 116 valence electrons. The van der Waals surface area contributed by atoms with Crippen molar-refractivity contribution >= 4 is 21.6 Å². The number of aromatic nitrogens is 1. The first kappa shape index (κ1) is 15.8. The van der Waals surface area contributed by atoms with Crippen LogP contribution in [0.25, 0.3) is 0 Å². The molecule has 1 fully saturated rings. The van der Waals surface area contributed by atoms with Crippen molar-refractivity contribution in [2.75, 3.05) is 16.8 Å². The molecule has 7 heteroatoms. The molecule has 1 aliphatic heterocycles. The molecule has 2 rings (SSSR count). The van der Waals surface area contributed by atoms with Crippen LogP contribution in [0.2, 0.25) is 0 Å². The molecule has 1 aromatic heterocycles. The lowest BCUT2D eigenvalue weighted by Gasteiger charge is -2.13. The monoisotopic (exact) mass is 311 g/mol. The van der Waals surface area contributed by atoms with Crippen LogP contribution >= 0.6 is 0 Å². The summed E-state index contributed by atoms with van der Waals surface area (Å²) in [5, 5.41) is 5.96. The van der Waals surface area contributed by atoms with Crippen LogP contribution in [-0.2, 0) is 9.84 Å². The van der Waals surface area contributed by atoms with Gasteiger partial charge in [0.25, 0.3) is 5.91 Å². The topological polar surface area (TPSA) is 88.2 Å². The first-order valence-electron chi connectivity index (χ1n) is 7.13. The van der Waals surface area contributed by atoms with Crippen molar-refractivity contribution in [1.29, 1.82) is 0 Å². The number of carbonyl (C=O) groups excluding carboxylic acids is 1. The summed E-state index contributed by atoms with van der Waals surface area (Å²) < 4.78 is 22.7. The minimum Gasteiger partial charge on any atom is -0.368 e. The summed E-state index contributed by atoms with van der Waals surface area (Å²) in [7, 11) is -2.99. The van der Waals surface area contributed by atoms with E-state index in [1.165, 1.54) is 6.20 Å². The van der Waals surface area contributed by atoms with Crippen molar-refractivity contribution in [3.05, 3.63) is 23.9 Å². The molecule has 0 spiro atoms. The van der Waals surface area contributed by atoms with Crippen molar-refractivity contribution in [3.63, 3.8) is 0 Å². The minimum absolute atomic E-state index is 0.0276. The van der Waals surface area contributed by atoms with E-state index < -0.39 is 9.84 Å². The van der Waals surface area contributed by atoms with Gasteiger partial charge in [0.1, 0.15) is 5.82 Å². The Kier molecular flexibility index (Phi) is 4.82. The number of nitrogens with one attached hydrogen (secondary N) is 2. The SMILES string of the molecule is CCC(C)Nc1ccc(C(=O)NC2CCS(=O)(=O)C2)cn1. The summed E-state index contributed by atoms with van der Waals surface area (Å²) in [6, 6.07) is 3.48. The zero-order chi connectivity index (χ0) is 15.5. The molecule has 0 aliphatic carbocycles. The van der Waals surface area contributed by atoms with Crippen LogP contribution in [-0.4, -0.2) is 42.9 Å². The van der Waals surface area contributed by atoms with Gasteiger partial charge >= 0.3 is 0 Å². The largest absolute Gasteiger partial charge is 0.368 e. The molecule has 2 heterocycles. The maximum atomic E-state index is 12.0. The standard InChI is InChI=1S/C14H21N3O3S/c1-3-10(2)16-13-5-4-11(8-15-13)14(18)17-12-6-7-21(19,20)9-12/h4-5,8,10,12H,3,6-7,9H2,1-2H3,(H,15,16)(H,17,18). The third-order valence-electron chi connectivity index (χ3n) is 3.60. The van der Waals surface area contributed by atoms with Gasteiger partial charge < -0.3 is 10.6 Å². The fraction of sp³-hybridized carbons (Fsp3) is 0.571. The number of hydrogen-bond acceptors (Lipinski definition) is 5. The van der Waals surface area contributed by atoms with Gasteiger partial charge in [-0.1, -0.05) is 6.92 Å². The van der Waals surface area contributed by atoms with E-state index in [0.29, 0.717) is 18.0 Å². The molecule has 0 radical (unpaired) electrons. The molecule has 2 unspecified atom stereocenters. The maximum absolute atomic E-state index is 12.0. The zero-order valence-corrected chi connectivity index (χ0v) is 13.1. The second-order valence-electron chi connectivity index (χ2n) is 5.46. The predicted molar refractivity (Wildman–Crippen MR) is 82.1 cm³/mol. The molecule has 1 aromatic rings. The van der Waals surface area contributed by atoms with Crippen molar-refractivity contribution in [3.8, 4) is 0 Å². The highest BCUT2D eigenvalue weighted by Crippen LogP contribution is 2.13. The highest BCUT2D eigenvalue weighted by atomic mass is 32.2. The molecule has 6 nitrogen and oxygen atoms in total. The molecule has 1 saturated heterocycles. The van der Waals surface area contributed by atoms with Gasteiger partial charge in [0.15, 0.2) is 9.84 Å². The first-order valence-corrected chi connectivity index (χ1v) is 8.95. The van der Waals surface area contributed by atoms with Gasteiger partial charge in [-0.3, -0.25) is 4.79 Å². The Bertz CT molecular complexity index is 598. The van der Waals surface area contributed by atoms with Crippen LogP contribution in [0, 0.1) is 0 Å². The van der Waals surface area contributed by atoms with Gasteiger partial charge in [-0.05, 0) is 31.9 Å². The van der Waals surface area contributed by atoms with E-state index in [2.05, 4.69) is 29.5 Å². The number of nitrogens with zero attached hydrogens (tertiary/aromatic N) is 1. The Labute approximate surface area is 125 Å². The van der Waals surface area contributed by atoms with E-state index in [1.54, 1.807) is 12.1 Å². The molecule has 21 heavy (non-hydrogen) atoms. The molecule has 1 aliphatic rings. The van der Waals surface area contributed by atoms with Crippen LogP contribution in [0.3, 0.4) is 0 Å². The Morgan fingerprint density at radius 3 is 2.76 bits per heavy atom. The summed E-state index contributed by atoms with van der Waals surface area (Å²) in [5.74, 6) is 0.623. The molecular formula is C14H21N3O3S. The van der Waals surface area contributed by atoms with Gasteiger partial charge in [-0.15, -0.1) is 0 Å². The number of amides is 1. The molecule has 2 N–H and O–H groups in total. The summed E-state index contributed by atoms with van der Waals surface area (Å²) in [6.07, 6.45) is 2.97. The number of anilines is 1. The second kappa shape index (κ2) is 6.43. The van der Waals surface area contributed by atoms with E-state index >= 15 is 0 Å². The van der Waals surface area contributed by atoms with Gasteiger partial charge in [0.2, 0.25) is 0 Å². The number of carbonyl (C=O) groups is 1. The van der Waals surface area contributed by atoms with Crippen LogP contribution < -0.4 is 10.6 Å². The molecule has 0 aromatic carbocycles. The lowest BCUT2D eigenvalue weighted by Crippen LogP contribution is -2.35. The third-order valence-corrected chi connectivity index (χ3v) is 5.37. The van der Waals surface area contributed by atoms with Crippen LogP contribution in [0.15, 0.2) is 18.3 Å². The Balaban J connectivity index is 1.94. The Morgan fingerprint density at radius 2 is 2.24 bits per heavy atom. The number of sulfone groups is 1. The van der Waals surface area contributed by atoms with Crippen LogP contribution in [0.4, 0.5) is 5.82 Å². The van der Waals surface area contributed by atoms with E-state index in [0.717, 1.165) is 12.2 Å². The molecule has 2 atom stereocenters. The van der Waals surface area contributed by atoms with E-state index in [1.807, 2.05) is 0 Å².